The number of unbranched alkanes of at least 4 members (excludes halogenated alkanes) is 1. The van der Waals surface area contributed by atoms with Gasteiger partial charge in [-0.05, 0) is 32.6 Å². The van der Waals surface area contributed by atoms with E-state index in [1.807, 2.05) is 6.92 Å². The Labute approximate surface area is 105 Å². The van der Waals surface area contributed by atoms with E-state index in [2.05, 4.69) is 6.92 Å². The van der Waals surface area contributed by atoms with Crippen molar-refractivity contribution in [1.82, 2.24) is 0 Å². The fraction of sp³-hybridized carbons (Fsp3) is 0.923. The third kappa shape index (κ3) is 5.50. The van der Waals surface area contributed by atoms with Crippen molar-refractivity contribution in [3.05, 3.63) is 0 Å². The van der Waals surface area contributed by atoms with Crippen molar-refractivity contribution in [2.45, 2.75) is 46.0 Å². The number of esters is 1. The molecule has 0 spiro atoms. The van der Waals surface area contributed by atoms with E-state index in [-0.39, 0.29) is 5.97 Å². The fourth-order valence-electron chi connectivity index (χ4n) is 2.09. The lowest BCUT2D eigenvalue weighted by Crippen LogP contribution is -2.40. The number of carbonyl (C=O) groups is 1. The molecule has 0 saturated heterocycles. The standard InChI is InChI=1S/C13H27NO3/c1-4-8-13(11-14,12(15)17-5-2)9-6-7-10-16-3/h4-11,14H2,1-3H3. The summed E-state index contributed by atoms with van der Waals surface area (Å²) in [5.41, 5.74) is 5.32. The lowest BCUT2D eigenvalue weighted by Gasteiger charge is -2.29. The number of methoxy groups -OCH3 is 1. The first-order valence-corrected chi connectivity index (χ1v) is 6.53. The highest BCUT2D eigenvalue weighted by Crippen LogP contribution is 2.31. The molecule has 0 radical (unpaired) electrons. The average molecular weight is 245 g/mol. The normalized spacial score (nSPS) is 14.4. The van der Waals surface area contributed by atoms with Crippen LogP contribution in [-0.4, -0.2) is 32.8 Å². The van der Waals surface area contributed by atoms with Crippen molar-refractivity contribution in [2.24, 2.45) is 11.1 Å². The molecule has 0 bridgehead atoms. The molecule has 0 fully saturated rings. The number of hydrogen-bond donors (Lipinski definition) is 1. The van der Waals surface area contributed by atoms with Crippen LogP contribution in [0.2, 0.25) is 0 Å². The van der Waals surface area contributed by atoms with Crippen molar-refractivity contribution in [3.8, 4) is 0 Å². The van der Waals surface area contributed by atoms with Gasteiger partial charge >= 0.3 is 5.97 Å². The molecule has 0 heterocycles. The maximum Gasteiger partial charge on any atom is 0.313 e. The predicted octanol–water partition coefficient (Wildman–Crippen LogP) is 2.11. The summed E-state index contributed by atoms with van der Waals surface area (Å²) < 4.78 is 10.2. The van der Waals surface area contributed by atoms with Gasteiger partial charge in [0.25, 0.3) is 0 Å². The average Bonchev–Trinajstić information content (AvgIpc) is 2.33. The monoisotopic (exact) mass is 245 g/mol. The Hall–Kier alpha value is -0.610. The first-order chi connectivity index (χ1) is 8.16. The van der Waals surface area contributed by atoms with E-state index < -0.39 is 5.41 Å². The van der Waals surface area contributed by atoms with Gasteiger partial charge in [-0.2, -0.15) is 0 Å². The van der Waals surface area contributed by atoms with E-state index in [1.54, 1.807) is 7.11 Å². The van der Waals surface area contributed by atoms with E-state index in [4.69, 9.17) is 15.2 Å². The zero-order valence-electron chi connectivity index (χ0n) is 11.5. The molecule has 0 rings (SSSR count). The van der Waals surface area contributed by atoms with Crippen LogP contribution in [0.3, 0.4) is 0 Å². The molecule has 0 aliphatic carbocycles. The maximum absolute atomic E-state index is 12.0. The third-order valence-corrected chi connectivity index (χ3v) is 3.08. The van der Waals surface area contributed by atoms with E-state index in [0.717, 1.165) is 38.7 Å². The zero-order valence-corrected chi connectivity index (χ0v) is 11.5. The Balaban J connectivity index is 4.41. The smallest absolute Gasteiger partial charge is 0.313 e. The van der Waals surface area contributed by atoms with Crippen molar-refractivity contribution < 1.29 is 14.3 Å². The Kier molecular flexibility index (Phi) is 9.09. The van der Waals surface area contributed by atoms with Gasteiger partial charge < -0.3 is 15.2 Å². The molecule has 1 atom stereocenters. The minimum absolute atomic E-state index is 0.137. The molecule has 0 aromatic rings. The lowest BCUT2D eigenvalue weighted by atomic mass is 9.79. The lowest BCUT2D eigenvalue weighted by molar-refractivity contribution is -0.156. The molecule has 0 saturated carbocycles. The van der Waals surface area contributed by atoms with Crippen molar-refractivity contribution >= 4 is 5.97 Å². The van der Waals surface area contributed by atoms with Crippen LogP contribution in [0.25, 0.3) is 0 Å². The topological polar surface area (TPSA) is 61.5 Å². The van der Waals surface area contributed by atoms with Gasteiger partial charge in [-0.15, -0.1) is 0 Å². The minimum Gasteiger partial charge on any atom is -0.466 e. The van der Waals surface area contributed by atoms with Crippen molar-refractivity contribution in [1.29, 1.82) is 0 Å². The molecule has 2 N–H and O–H groups in total. The fourth-order valence-corrected chi connectivity index (χ4v) is 2.09. The summed E-state index contributed by atoms with van der Waals surface area (Å²) >= 11 is 0. The van der Waals surface area contributed by atoms with Crippen LogP contribution in [0, 0.1) is 5.41 Å². The molecule has 0 aliphatic heterocycles. The number of carbonyl (C=O) groups excluding carboxylic acids is 1. The zero-order chi connectivity index (χ0) is 13.1. The molecule has 17 heavy (non-hydrogen) atoms. The van der Waals surface area contributed by atoms with Crippen LogP contribution in [-0.2, 0) is 14.3 Å². The summed E-state index contributed by atoms with van der Waals surface area (Å²) in [7, 11) is 1.69. The van der Waals surface area contributed by atoms with Crippen LogP contribution < -0.4 is 5.73 Å². The Bertz CT molecular complexity index is 209. The SMILES string of the molecule is CCCC(CN)(CCCCOC)C(=O)OCC. The first-order valence-electron chi connectivity index (χ1n) is 6.53. The van der Waals surface area contributed by atoms with Gasteiger partial charge in [-0.25, -0.2) is 0 Å². The highest BCUT2D eigenvalue weighted by Gasteiger charge is 2.36. The van der Waals surface area contributed by atoms with Crippen molar-refractivity contribution in [2.75, 3.05) is 26.9 Å². The number of hydrogen-bond acceptors (Lipinski definition) is 4. The van der Waals surface area contributed by atoms with E-state index in [1.165, 1.54) is 0 Å². The summed E-state index contributed by atoms with van der Waals surface area (Å²) in [4.78, 5) is 12.0. The van der Waals surface area contributed by atoms with Crippen molar-refractivity contribution in [3.63, 3.8) is 0 Å². The van der Waals surface area contributed by atoms with Gasteiger partial charge in [0.2, 0.25) is 0 Å². The quantitative estimate of drug-likeness (QED) is 0.473. The van der Waals surface area contributed by atoms with Crippen LogP contribution >= 0.6 is 0 Å². The maximum atomic E-state index is 12.0. The van der Waals surface area contributed by atoms with Gasteiger partial charge in [0.05, 0.1) is 12.0 Å². The predicted molar refractivity (Wildman–Crippen MR) is 68.8 cm³/mol. The molecule has 4 heteroatoms. The molecule has 4 nitrogen and oxygen atoms in total. The van der Waals surface area contributed by atoms with Crippen LogP contribution in [0.4, 0.5) is 0 Å². The van der Waals surface area contributed by atoms with E-state index >= 15 is 0 Å². The molecular weight excluding hydrogens is 218 g/mol. The molecule has 0 aliphatic rings. The summed E-state index contributed by atoms with van der Waals surface area (Å²) in [6, 6.07) is 0. The number of nitrogens with two attached hydrogens (primary N) is 1. The van der Waals surface area contributed by atoms with Gasteiger partial charge in [0.15, 0.2) is 0 Å². The Morgan fingerprint density at radius 3 is 2.41 bits per heavy atom. The molecule has 1 unspecified atom stereocenters. The highest BCUT2D eigenvalue weighted by molar-refractivity contribution is 5.77. The molecule has 0 aromatic heterocycles. The van der Waals surface area contributed by atoms with Crippen LogP contribution in [0.1, 0.15) is 46.0 Å². The summed E-state index contributed by atoms with van der Waals surface area (Å²) in [6.45, 7) is 5.42. The summed E-state index contributed by atoms with van der Waals surface area (Å²) in [6.07, 6.45) is 4.44. The Morgan fingerprint density at radius 2 is 1.94 bits per heavy atom. The second-order valence-electron chi connectivity index (χ2n) is 4.40. The summed E-state index contributed by atoms with van der Waals surface area (Å²) in [5, 5.41) is 0. The van der Waals surface area contributed by atoms with Gasteiger partial charge in [-0.3, -0.25) is 4.79 Å². The Morgan fingerprint density at radius 1 is 1.24 bits per heavy atom. The molecule has 0 amide bonds. The first kappa shape index (κ1) is 16.4. The van der Waals surface area contributed by atoms with Gasteiger partial charge in [0.1, 0.15) is 0 Å². The molecule has 0 aromatic carbocycles. The van der Waals surface area contributed by atoms with Gasteiger partial charge in [0, 0.05) is 20.3 Å². The third-order valence-electron chi connectivity index (χ3n) is 3.08. The minimum atomic E-state index is -0.488. The van der Waals surface area contributed by atoms with E-state index in [0.29, 0.717) is 13.2 Å². The number of ether oxygens (including phenoxy) is 2. The summed E-state index contributed by atoms with van der Waals surface area (Å²) in [5.74, 6) is -0.137. The largest absolute Gasteiger partial charge is 0.466 e. The number of rotatable bonds is 10. The van der Waals surface area contributed by atoms with Gasteiger partial charge in [-0.1, -0.05) is 13.3 Å². The van der Waals surface area contributed by atoms with Crippen LogP contribution in [0.5, 0.6) is 0 Å². The second kappa shape index (κ2) is 9.42. The molecular formula is C13H27NO3. The van der Waals surface area contributed by atoms with Crippen LogP contribution in [0.15, 0.2) is 0 Å². The highest BCUT2D eigenvalue weighted by atomic mass is 16.5. The van der Waals surface area contributed by atoms with E-state index in [9.17, 15) is 4.79 Å². The second-order valence-corrected chi connectivity index (χ2v) is 4.40. The molecule has 102 valence electrons.